The number of furan rings is 1. The molecule has 0 aliphatic carbocycles. The third kappa shape index (κ3) is 2.14. The Morgan fingerprint density at radius 3 is 3.00 bits per heavy atom. The Morgan fingerprint density at radius 2 is 2.25 bits per heavy atom. The van der Waals surface area contributed by atoms with Gasteiger partial charge in [0.1, 0.15) is 5.76 Å². The van der Waals surface area contributed by atoms with Crippen LogP contribution in [0.1, 0.15) is 16.1 Å². The maximum absolute atomic E-state index is 12.5. The summed E-state index contributed by atoms with van der Waals surface area (Å²) in [5, 5.41) is 0.835. The van der Waals surface area contributed by atoms with E-state index in [1.54, 1.807) is 42.6 Å². The third-order valence-corrected chi connectivity index (χ3v) is 3.26. The van der Waals surface area contributed by atoms with Crippen LogP contribution in [0.15, 0.2) is 47.2 Å². The van der Waals surface area contributed by atoms with Crippen molar-refractivity contribution in [3.63, 3.8) is 0 Å². The number of rotatable bonds is 3. The molecule has 20 heavy (non-hydrogen) atoms. The molecular formula is C15H15N3O2. The molecule has 102 valence electrons. The van der Waals surface area contributed by atoms with Crippen LogP contribution in [0, 0.1) is 0 Å². The van der Waals surface area contributed by atoms with Crippen LogP contribution in [-0.2, 0) is 6.54 Å². The summed E-state index contributed by atoms with van der Waals surface area (Å²) in [5.74, 6) is 0.679. The van der Waals surface area contributed by atoms with Crippen LogP contribution < -0.4 is 5.73 Å². The van der Waals surface area contributed by atoms with E-state index in [1.807, 2.05) is 12.1 Å². The summed E-state index contributed by atoms with van der Waals surface area (Å²) in [4.78, 5) is 17.2. The van der Waals surface area contributed by atoms with Crippen molar-refractivity contribution in [3.05, 3.63) is 54.1 Å². The van der Waals surface area contributed by atoms with Crippen molar-refractivity contribution < 1.29 is 9.21 Å². The fourth-order valence-corrected chi connectivity index (χ4v) is 2.23. The standard InChI is InChI=1S/C15H15N3O2/c1-18(9-11-3-2-6-20-11)15(19)13-8-17-14-5-4-10(16)7-12(13)14/h2-8,17H,9,16H2,1H3. The van der Waals surface area contributed by atoms with Gasteiger partial charge in [-0.1, -0.05) is 0 Å². The van der Waals surface area contributed by atoms with Gasteiger partial charge >= 0.3 is 0 Å². The molecule has 3 aromatic rings. The van der Waals surface area contributed by atoms with E-state index in [2.05, 4.69) is 4.98 Å². The Bertz CT molecular complexity index is 744. The van der Waals surface area contributed by atoms with Crippen molar-refractivity contribution >= 4 is 22.5 Å². The van der Waals surface area contributed by atoms with Crippen LogP contribution >= 0.6 is 0 Å². The normalized spacial score (nSPS) is 10.8. The molecule has 0 spiro atoms. The van der Waals surface area contributed by atoms with E-state index in [9.17, 15) is 4.79 Å². The van der Waals surface area contributed by atoms with Gasteiger partial charge in [0.25, 0.3) is 5.91 Å². The minimum Gasteiger partial charge on any atom is -0.467 e. The lowest BCUT2D eigenvalue weighted by Gasteiger charge is -2.15. The minimum atomic E-state index is -0.0711. The molecule has 3 N–H and O–H groups in total. The molecule has 5 nitrogen and oxygen atoms in total. The molecule has 0 aliphatic heterocycles. The average Bonchev–Trinajstić information content (AvgIpc) is 3.06. The number of hydrogen-bond acceptors (Lipinski definition) is 3. The van der Waals surface area contributed by atoms with Gasteiger partial charge in [0.2, 0.25) is 0 Å². The molecule has 0 aliphatic rings. The smallest absolute Gasteiger partial charge is 0.256 e. The van der Waals surface area contributed by atoms with Gasteiger partial charge in [-0.2, -0.15) is 0 Å². The lowest BCUT2D eigenvalue weighted by molar-refractivity contribution is 0.0777. The molecule has 2 heterocycles. The number of carbonyl (C=O) groups is 1. The number of amides is 1. The summed E-state index contributed by atoms with van der Waals surface area (Å²) in [5.41, 5.74) is 7.93. The Morgan fingerprint density at radius 1 is 1.40 bits per heavy atom. The molecule has 0 unspecified atom stereocenters. The SMILES string of the molecule is CN(Cc1ccco1)C(=O)c1c[nH]c2ccc(N)cc12. The predicted molar refractivity (Wildman–Crippen MR) is 77.2 cm³/mol. The Labute approximate surface area is 116 Å². The van der Waals surface area contributed by atoms with Crippen molar-refractivity contribution in [2.45, 2.75) is 6.54 Å². The highest BCUT2D eigenvalue weighted by molar-refractivity contribution is 6.07. The Kier molecular flexibility index (Phi) is 2.95. The summed E-state index contributed by atoms with van der Waals surface area (Å²) in [6.45, 7) is 0.431. The van der Waals surface area contributed by atoms with Gasteiger partial charge in [-0.3, -0.25) is 4.79 Å². The molecule has 3 rings (SSSR count). The number of H-pyrrole nitrogens is 1. The van der Waals surface area contributed by atoms with E-state index in [-0.39, 0.29) is 5.91 Å². The number of nitrogen functional groups attached to an aromatic ring is 1. The summed E-state index contributed by atoms with van der Waals surface area (Å²) in [6.07, 6.45) is 3.31. The highest BCUT2D eigenvalue weighted by Gasteiger charge is 2.17. The first-order valence-electron chi connectivity index (χ1n) is 6.29. The average molecular weight is 269 g/mol. The first-order valence-corrected chi connectivity index (χ1v) is 6.29. The van der Waals surface area contributed by atoms with E-state index in [1.165, 1.54) is 0 Å². The van der Waals surface area contributed by atoms with E-state index in [4.69, 9.17) is 10.2 Å². The van der Waals surface area contributed by atoms with Crippen molar-refractivity contribution in [2.24, 2.45) is 0 Å². The van der Waals surface area contributed by atoms with Crippen molar-refractivity contribution in [1.29, 1.82) is 0 Å². The van der Waals surface area contributed by atoms with Gasteiger partial charge < -0.3 is 20.0 Å². The molecule has 0 radical (unpaired) electrons. The molecule has 0 saturated carbocycles. The maximum Gasteiger partial charge on any atom is 0.256 e. The van der Waals surface area contributed by atoms with E-state index < -0.39 is 0 Å². The number of anilines is 1. The number of aromatic nitrogens is 1. The summed E-state index contributed by atoms with van der Waals surface area (Å²) in [6, 6.07) is 9.13. The van der Waals surface area contributed by atoms with Gasteiger partial charge in [0, 0.05) is 29.8 Å². The first-order chi connectivity index (χ1) is 9.65. The lowest BCUT2D eigenvalue weighted by Crippen LogP contribution is -2.25. The van der Waals surface area contributed by atoms with Gasteiger partial charge in [-0.05, 0) is 30.3 Å². The number of nitrogens with one attached hydrogen (secondary N) is 1. The van der Waals surface area contributed by atoms with E-state index in [0.717, 1.165) is 16.7 Å². The zero-order chi connectivity index (χ0) is 14.1. The first kappa shape index (κ1) is 12.3. The molecule has 0 atom stereocenters. The van der Waals surface area contributed by atoms with Crippen molar-refractivity contribution in [1.82, 2.24) is 9.88 Å². The molecule has 5 heteroatoms. The molecule has 2 aromatic heterocycles. The minimum absolute atomic E-state index is 0.0711. The topological polar surface area (TPSA) is 75.3 Å². The largest absolute Gasteiger partial charge is 0.467 e. The monoisotopic (exact) mass is 269 g/mol. The quantitative estimate of drug-likeness (QED) is 0.718. The van der Waals surface area contributed by atoms with Crippen LogP contribution in [0.2, 0.25) is 0 Å². The van der Waals surface area contributed by atoms with Crippen LogP contribution in [0.25, 0.3) is 10.9 Å². The van der Waals surface area contributed by atoms with Gasteiger partial charge in [0.05, 0.1) is 18.4 Å². The summed E-state index contributed by atoms with van der Waals surface area (Å²) >= 11 is 0. The van der Waals surface area contributed by atoms with Crippen molar-refractivity contribution in [2.75, 3.05) is 12.8 Å². The molecule has 0 fully saturated rings. The lowest BCUT2D eigenvalue weighted by atomic mass is 10.1. The number of nitrogens with zero attached hydrogens (tertiary/aromatic N) is 1. The summed E-state index contributed by atoms with van der Waals surface area (Å²) in [7, 11) is 1.75. The van der Waals surface area contributed by atoms with Gasteiger partial charge in [-0.15, -0.1) is 0 Å². The van der Waals surface area contributed by atoms with Crippen LogP contribution in [0.5, 0.6) is 0 Å². The van der Waals surface area contributed by atoms with Crippen molar-refractivity contribution in [3.8, 4) is 0 Å². The highest BCUT2D eigenvalue weighted by Crippen LogP contribution is 2.22. The van der Waals surface area contributed by atoms with Crippen LogP contribution in [-0.4, -0.2) is 22.8 Å². The maximum atomic E-state index is 12.5. The molecule has 0 saturated heterocycles. The zero-order valence-corrected chi connectivity index (χ0v) is 11.1. The fraction of sp³-hybridized carbons (Fsp3) is 0.133. The second-order valence-corrected chi connectivity index (χ2v) is 4.75. The number of benzene rings is 1. The molecule has 1 amide bonds. The van der Waals surface area contributed by atoms with Crippen LogP contribution in [0.4, 0.5) is 5.69 Å². The summed E-state index contributed by atoms with van der Waals surface area (Å²) < 4.78 is 5.26. The number of aromatic amines is 1. The van der Waals surface area contributed by atoms with Gasteiger partial charge in [0.15, 0.2) is 0 Å². The Balaban J connectivity index is 1.90. The Hall–Kier alpha value is -2.69. The van der Waals surface area contributed by atoms with E-state index >= 15 is 0 Å². The number of carbonyl (C=O) groups excluding carboxylic acids is 1. The molecule has 1 aromatic carbocycles. The number of nitrogens with two attached hydrogens (primary N) is 1. The zero-order valence-electron chi connectivity index (χ0n) is 11.1. The second kappa shape index (κ2) is 4.77. The number of hydrogen-bond donors (Lipinski definition) is 2. The third-order valence-electron chi connectivity index (χ3n) is 3.26. The predicted octanol–water partition coefficient (Wildman–Crippen LogP) is 2.62. The molecular weight excluding hydrogens is 254 g/mol. The van der Waals surface area contributed by atoms with E-state index in [0.29, 0.717) is 17.8 Å². The molecule has 0 bridgehead atoms. The second-order valence-electron chi connectivity index (χ2n) is 4.75. The fourth-order valence-electron chi connectivity index (χ4n) is 2.23. The number of fused-ring (bicyclic) bond motifs is 1. The van der Waals surface area contributed by atoms with Crippen LogP contribution in [0.3, 0.4) is 0 Å². The van der Waals surface area contributed by atoms with Gasteiger partial charge in [-0.25, -0.2) is 0 Å². The highest BCUT2D eigenvalue weighted by atomic mass is 16.3.